The molecule has 0 bridgehead atoms. The van der Waals surface area contributed by atoms with Gasteiger partial charge in [-0.1, -0.05) is 249 Å². The molecule has 0 aromatic carbocycles. The van der Waals surface area contributed by atoms with Gasteiger partial charge >= 0.3 is 17.9 Å². The summed E-state index contributed by atoms with van der Waals surface area (Å²) in [6.45, 7) is 6.53. The van der Waals surface area contributed by atoms with Crippen LogP contribution in [0, 0.1) is 0 Å². The molecular formula is C60H108O6. The topological polar surface area (TPSA) is 78.9 Å². The zero-order chi connectivity index (χ0) is 47.9. The maximum absolute atomic E-state index is 12.8. The van der Waals surface area contributed by atoms with Crippen molar-refractivity contribution in [1.29, 1.82) is 0 Å². The first-order valence-electron chi connectivity index (χ1n) is 28.6. The molecule has 0 N–H and O–H groups in total. The number of esters is 3. The SMILES string of the molecule is CC/C=C\C/C=C\C/C=C\CCCCCC(=O)OCC(COC(=O)CCCCCCCCC/C=C\CCCCCCCCC)OC(=O)CCCCCCCCCCCCCCCCCCC. The quantitative estimate of drug-likeness (QED) is 0.0262. The average molecular weight is 926 g/mol. The summed E-state index contributed by atoms with van der Waals surface area (Å²) in [6.07, 6.45) is 66.8. The Balaban J connectivity index is 4.36. The van der Waals surface area contributed by atoms with Crippen molar-refractivity contribution in [2.24, 2.45) is 0 Å². The molecule has 1 atom stereocenters. The van der Waals surface area contributed by atoms with E-state index in [1.54, 1.807) is 0 Å². The predicted molar refractivity (Wildman–Crippen MR) is 284 cm³/mol. The zero-order valence-electron chi connectivity index (χ0n) is 44.0. The molecule has 0 saturated carbocycles. The molecule has 66 heavy (non-hydrogen) atoms. The number of hydrogen-bond acceptors (Lipinski definition) is 6. The molecule has 384 valence electrons. The first-order valence-corrected chi connectivity index (χ1v) is 28.6. The molecule has 1 unspecified atom stereocenters. The van der Waals surface area contributed by atoms with Gasteiger partial charge in [-0.3, -0.25) is 14.4 Å². The molecule has 0 radical (unpaired) electrons. The van der Waals surface area contributed by atoms with Crippen LogP contribution in [0.2, 0.25) is 0 Å². The minimum Gasteiger partial charge on any atom is -0.462 e. The standard InChI is InChI=1S/C60H108O6/c1-4-7-10-13-16-19-22-25-27-29-31-32-35-38-41-44-47-50-53-59(62)65-56-57(55-64-58(61)52-49-46-43-40-37-34-24-21-18-15-12-9-6-3)66-60(63)54-51-48-45-42-39-36-33-30-28-26-23-20-17-14-11-8-5-2/h9,12,18,21,27,29,34,37,57H,4-8,10-11,13-17,19-20,22-26,28,30-33,35-36,38-56H2,1-3H3/b12-9-,21-18-,29-27-,37-34-. The second-order valence-electron chi connectivity index (χ2n) is 19.2. The van der Waals surface area contributed by atoms with Crippen LogP contribution in [0.25, 0.3) is 0 Å². The van der Waals surface area contributed by atoms with E-state index in [2.05, 4.69) is 69.4 Å². The minimum atomic E-state index is -0.784. The van der Waals surface area contributed by atoms with Gasteiger partial charge in [-0.2, -0.15) is 0 Å². The third-order valence-corrected chi connectivity index (χ3v) is 12.6. The Morgan fingerprint density at radius 2 is 0.591 bits per heavy atom. The molecule has 0 amide bonds. The second-order valence-corrected chi connectivity index (χ2v) is 19.2. The molecule has 0 spiro atoms. The lowest BCUT2D eigenvalue weighted by Crippen LogP contribution is -2.30. The Labute approximate surface area is 409 Å². The van der Waals surface area contributed by atoms with Gasteiger partial charge in [0.05, 0.1) is 0 Å². The van der Waals surface area contributed by atoms with Crippen molar-refractivity contribution < 1.29 is 28.6 Å². The van der Waals surface area contributed by atoms with Gasteiger partial charge in [-0.15, -0.1) is 0 Å². The Kier molecular flexibility index (Phi) is 52.8. The van der Waals surface area contributed by atoms with E-state index in [9.17, 15) is 14.4 Å². The number of allylic oxidation sites excluding steroid dienone is 8. The zero-order valence-corrected chi connectivity index (χ0v) is 44.0. The monoisotopic (exact) mass is 925 g/mol. The van der Waals surface area contributed by atoms with Crippen LogP contribution in [-0.2, 0) is 28.6 Å². The summed E-state index contributed by atoms with van der Waals surface area (Å²) in [7, 11) is 0. The number of ether oxygens (including phenoxy) is 3. The van der Waals surface area contributed by atoms with Crippen LogP contribution in [0.3, 0.4) is 0 Å². The lowest BCUT2D eigenvalue weighted by Gasteiger charge is -2.18. The second kappa shape index (κ2) is 55.0. The van der Waals surface area contributed by atoms with Crippen molar-refractivity contribution in [3.05, 3.63) is 48.6 Å². The molecule has 6 heteroatoms. The molecule has 0 heterocycles. The Hall–Kier alpha value is -2.63. The fraction of sp³-hybridized carbons (Fsp3) is 0.817. The van der Waals surface area contributed by atoms with Gasteiger partial charge in [0, 0.05) is 19.3 Å². The first-order chi connectivity index (χ1) is 32.5. The molecule has 6 nitrogen and oxygen atoms in total. The van der Waals surface area contributed by atoms with E-state index in [0.717, 1.165) is 83.5 Å². The van der Waals surface area contributed by atoms with Crippen molar-refractivity contribution in [2.45, 2.75) is 303 Å². The van der Waals surface area contributed by atoms with E-state index < -0.39 is 6.10 Å². The van der Waals surface area contributed by atoms with E-state index in [1.807, 2.05) is 0 Å². The van der Waals surface area contributed by atoms with E-state index in [4.69, 9.17) is 14.2 Å². The highest BCUT2D eigenvalue weighted by Gasteiger charge is 2.19. The lowest BCUT2D eigenvalue weighted by atomic mass is 10.0. The maximum atomic E-state index is 12.8. The molecule has 0 aromatic heterocycles. The van der Waals surface area contributed by atoms with Crippen molar-refractivity contribution in [3.8, 4) is 0 Å². The van der Waals surface area contributed by atoms with Gasteiger partial charge in [0.2, 0.25) is 0 Å². The average Bonchev–Trinajstić information content (AvgIpc) is 3.31. The summed E-state index contributed by atoms with van der Waals surface area (Å²) < 4.78 is 16.8. The van der Waals surface area contributed by atoms with Crippen molar-refractivity contribution in [3.63, 3.8) is 0 Å². The van der Waals surface area contributed by atoms with Gasteiger partial charge in [0.1, 0.15) is 13.2 Å². The number of unbranched alkanes of at least 4 members (excludes halogenated alkanes) is 33. The fourth-order valence-electron chi connectivity index (χ4n) is 8.28. The van der Waals surface area contributed by atoms with Crippen LogP contribution >= 0.6 is 0 Å². The Bertz CT molecular complexity index is 1150. The summed E-state index contributed by atoms with van der Waals surface area (Å²) in [5, 5.41) is 0. The van der Waals surface area contributed by atoms with Gasteiger partial charge in [0.15, 0.2) is 6.10 Å². The van der Waals surface area contributed by atoms with Crippen LogP contribution in [0.5, 0.6) is 0 Å². The fourth-order valence-corrected chi connectivity index (χ4v) is 8.28. The highest BCUT2D eigenvalue weighted by Crippen LogP contribution is 2.16. The van der Waals surface area contributed by atoms with E-state index >= 15 is 0 Å². The van der Waals surface area contributed by atoms with Crippen molar-refractivity contribution >= 4 is 17.9 Å². The highest BCUT2D eigenvalue weighted by molar-refractivity contribution is 5.71. The van der Waals surface area contributed by atoms with Gasteiger partial charge in [-0.25, -0.2) is 0 Å². The largest absolute Gasteiger partial charge is 0.462 e. The highest BCUT2D eigenvalue weighted by atomic mass is 16.6. The van der Waals surface area contributed by atoms with E-state index in [0.29, 0.717) is 19.3 Å². The summed E-state index contributed by atoms with van der Waals surface area (Å²) >= 11 is 0. The van der Waals surface area contributed by atoms with Gasteiger partial charge in [0.25, 0.3) is 0 Å². The number of rotatable bonds is 52. The molecule has 0 aliphatic carbocycles. The molecule has 0 fully saturated rings. The predicted octanol–water partition coefficient (Wildman–Crippen LogP) is 19.0. The van der Waals surface area contributed by atoms with Crippen LogP contribution in [0.1, 0.15) is 297 Å². The number of carbonyl (C=O) groups excluding carboxylic acids is 3. The summed E-state index contributed by atoms with van der Waals surface area (Å²) in [6, 6.07) is 0. The minimum absolute atomic E-state index is 0.0820. The molecule has 0 saturated heterocycles. The van der Waals surface area contributed by atoms with Crippen LogP contribution in [0.4, 0.5) is 0 Å². The lowest BCUT2D eigenvalue weighted by molar-refractivity contribution is -0.167. The molecule has 0 aromatic rings. The smallest absolute Gasteiger partial charge is 0.306 e. The van der Waals surface area contributed by atoms with E-state index in [1.165, 1.54) is 173 Å². The summed E-state index contributed by atoms with van der Waals surface area (Å²) in [5.74, 6) is -0.902. The normalized spacial score (nSPS) is 12.3. The molecule has 0 rings (SSSR count). The van der Waals surface area contributed by atoms with Gasteiger partial charge in [-0.05, 0) is 77.0 Å². The van der Waals surface area contributed by atoms with E-state index in [-0.39, 0.29) is 31.1 Å². The summed E-state index contributed by atoms with van der Waals surface area (Å²) in [4.78, 5) is 38.1. The van der Waals surface area contributed by atoms with Crippen LogP contribution in [0.15, 0.2) is 48.6 Å². The van der Waals surface area contributed by atoms with Gasteiger partial charge < -0.3 is 14.2 Å². The Morgan fingerprint density at radius 3 is 0.955 bits per heavy atom. The third-order valence-electron chi connectivity index (χ3n) is 12.6. The third kappa shape index (κ3) is 52.3. The molecule has 0 aliphatic rings. The summed E-state index contributed by atoms with van der Waals surface area (Å²) in [5.41, 5.74) is 0. The van der Waals surface area contributed by atoms with Crippen LogP contribution in [-0.4, -0.2) is 37.2 Å². The van der Waals surface area contributed by atoms with Crippen molar-refractivity contribution in [2.75, 3.05) is 13.2 Å². The Morgan fingerprint density at radius 1 is 0.318 bits per heavy atom. The first kappa shape index (κ1) is 63.4. The molecular weight excluding hydrogens is 817 g/mol. The number of carbonyl (C=O) groups is 3. The maximum Gasteiger partial charge on any atom is 0.306 e. The molecule has 0 aliphatic heterocycles. The van der Waals surface area contributed by atoms with Crippen molar-refractivity contribution in [1.82, 2.24) is 0 Å². The number of hydrogen-bond donors (Lipinski definition) is 0. The van der Waals surface area contributed by atoms with Crippen LogP contribution < -0.4 is 0 Å².